The Kier molecular flexibility index (Phi) is 5.89. The Hall–Kier alpha value is -2.28. The molecule has 1 aliphatic heterocycles. The molecule has 0 radical (unpaired) electrons. The Labute approximate surface area is 167 Å². The summed E-state index contributed by atoms with van der Waals surface area (Å²) in [5.74, 6) is 6.55. The van der Waals surface area contributed by atoms with Crippen LogP contribution in [-0.4, -0.2) is 28.0 Å². The molecular weight excluding hydrogens is 354 g/mol. The first-order valence-electron chi connectivity index (χ1n) is 9.46. The zero-order chi connectivity index (χ0) is 19.6. The predicted octanol–water partition coefficient (Wildman–Crippen LogP) is 4.95. The summed E-state index contributed by atoms with van der Waals surface area (Å²) in [6.07, 6.45) is 2.87. The Balaban J connectivity index is 0.00000102. The fourth-order valence-corrected chi connectivity index (χ4v) is 3.82. The molecule has 140 valence electrons. The van der Waals surface area contributed by atoms with Gasteiger partial charge in [-0.25, -0.2) is 0 Å². The number of rotatable bonds is 0. The Morgan fingerprint density at radius 2 is 1.89 bits per heavy atom. The van der Waals surface area contributed by atoms with Gasteiger partial charge in [0.2, 0.25) is 0 Å². The first-order valence-corrected chi connectivity index (χ1v) is 9.83. The van der Waals surface area contributed by atoms with Gasteiger partial charge in [-0.3, -0.25) is 4.98 Å². The van der Waals surface area contributed by atoms with E-state index >= 15 is 0 Å². The first-order chi connectivity index (χ1) is 13.0. The van der Waals surface area contributed by atoms with Crippen LogP contribution >= 0.6 is 11.6 Å². The van der Waals surface area contributed by atoms with Gasteiger partial charge >= 0.3 is 0 Å². The lowest BCUT2D eigenvalue weighted by atomic mass is 10.0. The third-order valence-corrected chi connectivity index (χ3v) is 5.12. The number of benzene rings is 1. The predicted molar refractivity (Wildman–Crippen MR) is 114 cm³/mol. The summed E-state index contributed by atoms with van der Waals surface area (Å²) in [5, 5.41) is 1.96. The third-order valence-electron chi connectivity index (χ3n) is 4.90. The van der Waals surface area contributed by atoms with E-state index in [2.05, 4.69) is 46.5 Å². The van der Waals surface area contributed by atoms with E-state index in [4.69, 9.17) is 11.6 Å². The number of pyridine rings is 1. The molecule has 3 heterocycles. The maximum absolute atomic E-state index is 6.41. The van der Waals surface area contributed by atoms with Crippen molar-refractivity contribution in [1.29, 1.82) is 0 Å². The van der Waals surface area contributed by atoms with Crippen molar-refractivity contribution in [3.63, 3.8) is 0 Å². The van der Waals surface area contributed by atoms with E-state index in [1.165, 1.54) is 22.2 Å². The Morgan fingerprint density at radius 1 is 1.11 bits per heavy atom. The molecular formula is C23H26ClN3. The van der Waals surface area contributed by atoms with E-state index in [1.807, 2.05) is 45.2 Å². The minimum Gasteiger partial charge on any atom is -0.346 e. The minimum atomic E-state index is 0.737. The second kappa shape index (κ2) is 8.17. The van der Waals surface area contributed by atoms with E-state index in [0.717, 1.165) is 41.4 Å². The van der Waals surface area contributed by atoms with Gasteiger partial charge in [-0.05, 0) is 43.8 Å². The van der Waals surface area contributed by atoms with Crippen LogP contribution in [-0.2, 0) is 20.0 Å². The summed E-state index contributed by atoms with van der Waals surface area (Å²) in [6.45, 7) is 8.02. The molecule has 0 fully saturated rings. The molecule has 2 aromatic heterocycles. The molecule has 0 spiro atoms. The van der Waals surface area contributed by atoms with Crippen molar-refractivity contribution in [2.45, 2.75) is 33.7 Å². The quantitative estimate of drug-likeness (QED) is 0.515. The lowest BCUT2D eigenvalue weighted by Crippen LogP contribution is -2.26. The number of likely N-dealkylation sites (N-methyl/N-ethyl adjacent to an activating group) is 1. The number of hydrogen-bond donors (Lipinski definition) is 0. The van der Waals surface area contributed by atoms with Crippen LogP contribution in [0.4, 0.5) is 0 Å². The molecule has 4 rings (SSSR count). The molecule has 3 aromatic rings. The lowest BCUT2D eigenvalue weighted by Gasteiger charge is -2.23. The fourth-order valence-electron chi connectivity index (χ4n) is 3.60. The van der Waals surface area contributed by atoms with Crippen molar-refractivity contribution >= 4 is 22.5 Å². The van der Waals surface area contributed by atoms with Crippen LogP contribution in [0, 0.1) is 18.8 Å². The smallest absolute Gasteiger partial charge is 0.0643 e. The molecule has 3 nitrogen and oxygen atoms in total. The normalized spacial score (nSPS) is 13.4. The Morgan fingerprint density at radius 3 is 2.59 bits per heavy atom. The van der Waals surface area contributed by atoms with Crippen molar-refractivity contribution in [3.05, 3.63) is 63.6 Å². The summed E-state index contributed by atoms with van der Waals surface area (Å²) in [6, 6.07) is 8.03. The zero-order valence-corrected chi connectivity index (χ0v) is 17.5. The van der Waals surface area contributed by atoms with Gasteiger partial charge < -0.3 is 9.47 Å². The van der Waals surface area contributed by atoms with E-state index in [9.17, 15) is 0 Å². The molecule has 0 saturated carbocycles. The van der Waals surface area contributed by atoms with Crippen LogP contribution in [0.15, 0.2) is 30.5 Å². The standard InChI is InChI=1S/C21H20ClN3.C2H6/c1-14-4-5-15(12-23-14)6-7-16-10-17(22)11-18-19-13-24(2)9-8-20(19)25(3)21(16)18;1-2/h4-5,10-12H,8-9,13H2,1-3H3;1-2H3. The first kappa shape index (κ1) is 19.5. The van der Waals surface area contributed by atoms with Gasteiger partial charge in [-0.15, -0.1) is 0 Å². The maximum atomic E-state index is 6.41. The molecule has 0 saturated heterocycles. The van der Waals surface area contributed by atoms with Gasteiger partial charge in [0.25, 0.3) is 0 Å². The zero-order valence-electron chi connectivity index (χ0n) is 16.7. The molecule has 0 bridgehead atoms. The highest BCUT2D eigenvalue weighted by atomic mass is 35.5. The largest absolute Gasteiger partial charge is 0.346 e. The van der Waals surface area contributed by atoms with E-state index in [-0.39, 0.29) is 0 Å². The highest BCUT2D eigenvalue weighted by Gasteiger charge is 2.22. The monoisotopic (exact) mass is 379 g/mol. The van der Waals surface area contributed by atoms with Gasteiger partial charge in [0.1, 0.15) is 0 Å². The molecule has 4 heteroatoms. The molecule has 0 N–H and O–H groups in total. The number of aromatic nitrogens is 2. The van der Waals surface area contributed by atoms with Crippen molar-refractivity contribution in [3.8, 4) is 11.8 Å². The van der Waals surface area contributed by atoms with Crippen LogP contribution in [0.5, 0.6) is 0 Å². The molecule has 1 aromatic carbocycles. The maximum Gasteiger partial charge on any atom is 0.0643 e. The van der Waals surface area contributed by atoms with Crippen molar-refractivity contribution in [1.82, 2.24) is 14.5 Å². The van der Waals surface area contributed by atoms with Gasteiger partial charge in [-0.2, -0.15) is 0 Å². The summed E-state index contributed by atoms with van der Waals surface area (Å²) in [4.78, 5) is 6.66. The van der Waals surface area contributed by atoms with Gasteiger partial charge in [-0.1, -0.05) is 37.3 Å². The number of nitrogens with zero attached hydrogens (tertiary/aromatic N) is 3. The summed E-state index contributed by atoms with van der Waals surface area (Å²) < 4.78 is 2.30. The molecule has 0 atom stereocenters. The van der Waals surface area contributed by atoms with E-state index < -0.39 is 0 Å². The summed E-state index contributed by atoms with van der Waals surface area (Å²) >= 11 is 6.41. The molecule has 0 amide bonds. The third kappa shape index (κ3) is 3.88. The van der Waals surface area contributed by atoms with Gasteiger partial charge in [0, 0.05) is 60.1 Å². The second-order valence-electron chi connectivity index (χ2n) is 6.76. The number of halogens is 1. The van der Waals surface area contributed by atoms with Crippen LogP contribution in [0.3, 0.4) is 0 Å². The summed E-state index contributed by atoms with van der Waals surface area (Å²) in [5.41, 5.74) is 6.84. The van der Waals surface area contributed by atoms with Crippen LogP contribution in [0.2, 0.25) is 5.02 Å². The van der Waals surface area contributed by atoms with Crippen molar-refractivity contribution < 1.29 is 0 Å². The SMILES string of the molecule is CC.Cc1ccc(C#Cc2cc(Cl)cc3c4c(n(C)c23)CCN(C)C4)cn1. The number of hydrogen-bond acceptors (Lipinski definition) is 2. The van der Waals surface area contributed by atoms with Crippen molar-refractivity contribution in [2.24, 2.45) is 7.05 Å². The minimum absolute atomic E-state index is 0.737. The average molecular weight is 380 g/mol. The van der Waals surface area contributed by atoms with E-state index in [1.54, 1.807) is 0 Å². The highest BCUT2D eigenvalue weighted by Crippen LogP contribution is 2.33. The molecule has 1 aliphatic rings. The molecule has 0 aliphatic carbocycles. The highest BCUT2D eigenvalue weighted by molar-refractivity contribution is 6.31. The molecule has 0 unspecified atom stereocenters. The Bertz CT molecular complexity index is 1020. The average Bonchev–Trinajstić information content (AvgIpc) is 2.94. The van der Waals surface area contributed by atoms with Crippen LogP contribution < -0.4 is 0 Å². The van der Waals surface area contributed by atoms with Crippen LogP contribution in [0.1, 0.15) is 41.9 Å². The van der Waals surface area contributed by atoms with E-state index in [0.29, 0.717) is 0 Å². The number of fused-ring (bicyclic) bond motifs is 3. The van der Waals surface area contributed by atoms with Gasteiger partial charge in [0.15, 0.2) is 0 Å². The number of aryl methyl sites for hydroxylation is 2. The second-order valence-corrected chi connectivity index (χ2v) is 7.20. The van der Waals surface area contributed by atoms with Gasteiger partial charge in [0.05, 0.1) is 11.1 Å². The lowest BCUT2D eigenvalue weighted by molar-refractivity contribution is 0.310. The molecule has 27 heavy (non-hydrogen) atoms. The van der Waals surface area contributed by atoms with Crippen molar-refractivity contribution in [2.75, 3.05) is 13.6 Å². The summed E-state index contributed by atoms with van der Waals surface area (Å²) in [7, 11) is 4.30. The topological polar surface area (TPSA) is 21.1 Å². The van der Waals surface area contributed by atoms with Crippen LogP contribution in [0.25, 0.3) is 10.9 Å². The fraction of sp³-hybridized carbons (Fsp3) is 0.348.